The minimum Gasteiger partial charge on any atom is -0.396 e. The standard InChI is InChI=1S/C15H13N3/c16-10-14-15(17)12-8-4-5-9-13(12)18(14)11-6-2-1-3-7-11/h1-10,16H,17H2. The van der Waals surface area contributed by atoms with Crippen molar-refractivity contribution in [3.63, 3.8) is 0 Å². The Bertz CT molecular complexity index is 711. The molecule has 18 heavy (non-hydrogen) atoms. The van der Waals surface area contributed by atoms with Gasteiger partial charge in [-0.2, -0.15) is 0 Å². The van der Waals surface area contributed by atoms with E-state index in [9.17, 15) is 0 Å². The molecule has 0 saturated heterocycles. The first-order valence-electron chi connectivity index (χ1n) is 5.77. The normalized spacial score (nSPS) is 10.7. The molecule has 0 saturated carbocycles. The summed E-state index contributed by atoms with van der Waals surface area (Å²) in [6.07, 6.45) is 1.31. The molecule has 0 atom stereocenters. The van der Waals surface area contributed by atoms with Gasteiger partial charge in [-0.15, -0.1) is 0 Å². The van der Waals surface area contributed by atoms with Crippen LogP contribution in [0.15, 0.2) is 54.6 Å². The van der Waals surface area contributed by atoms with E-state index in [0.29, 0.717) is 5.69 Å². The highest BCUT2D eigenvalue weighted by Crippen LogP contribution is 2.30. The van der Waals surface area contributed by atoms with Crippen LogP contribution in [0.3, 0.4) is 0 Å². The number of rotatable bonds is 2. The second kappa shape index (κ2) is 4.04. The van der Waals surface area contributed by atoms with Crippen LogP contribution in [0.2, 0.25) is 0 Å². The molecule has 0 spiro atoms. The van der Waals surface area contributed by atoms with Crippen LogP contribution >= 0.6 is 0 Å². The highest BCUT2D eigenvalue weighted by atomic mass is 15.0. The van der Waals surface area contributed by atoms with Gasteiger partial charge in [0.1, 0.15) is 0 Å². The van der Waals surface area contributed by atoms with Crippen LogP contribution in [0.25, 0.3) is 16.6 Å². The number of hydrogen-bond acceptors (Lipinski definition) is 2. The largest absolute Gasteiger partial charge is 0.396 e. The van der Waals surface area contributed by atoms with Gasteiger partial charge >= 0.3 is 0 Å². The summed E-state index contributed by atoms with van der Waals surface area (Å²) < 4.78 is 2.01. The summed E-state index contributed by atoms with van der Waals surface area (Å²) in [4.78, 5) is 0. The Morgan fingerprint density at radius 1 is 0.944 bits per heavy atom. The first-order chi connectivity index (χ1) is 8.83. The quantitative estimate of drug-likeness (QED) is 0.658. The van der Waals surface area contributed by atoms with E-state index in [1.165, 1.54) is 6.21 Å². The van der Waals surface area contributed by atoms with Gasteiger partial charge in [-0.1, -0.05) is 36.4 Å². The Labute approximate surface area is 105 Å². The SMILES string of the molecule is N=Cc1c(N)c2ccccc2n1-c1ccccc1. The van der Waals surface area contributed by atoms with Gasteiger partial charge in [0.05, 0.1) is 16.9 Å². The van der Waals surface area contributed by atoms with Gasteiger partial charge in [-0.05, 0) is 18.2 Å². The molecule has 88 valence electrons. The summed E-state index contributed by atoms with van der Waals surface area (Å²) in [5.41, 5.74) is 9.54. The number of nitrogen functional groups attached to an aromatic ring is 1. The van der Waals surface area contributed by atoms with Gasteiger partial charge in [0.2, 0.25) is 0 Å². The van der Waals surface area contributed by atoms with Gasteiger partial charge in [-0.3, -0.25) is 0 Å². The summed E-state index contributed by atoms with van der Waals surface area (Å²) in [5.74, 6) is 0. The molecular weight excluding hydrogens is 222 g/mol. The van der Waals surface area contributed by atoms with Crippen LogP contribution in [0.1, 0.15) is 5.69 Å². The van der Waals surface area contributed by atoms with Gasteiger partial charge in [-0.25, -0.2) is 0 Å². The Hall–Kier alpha value is -2.55. The van der Waals surface area contributed by atoms with Crippen LogP contribution in [0.4, 0.5) is 5.69 Å². The third-order valence-corrected chi connectivity index (χ3v) is 3.10. The minimum atomic E-state index is 0.657. The molecule has 0 amide bonds. The number of para-hydroxylation sites is 2. The second-order valence-corrected chi connectivity index (χ2v) is 4.13. The lowest BCUT2D eigenvalue weighted by molar-refractivity contribution is 1.11. The molecule has 0 bridgehead atoms. The summed E-state index contributed by atoms with van der Waals surface area (Å²) in [6, 6.07) is 17.9. The van der Waals surface area contributed by atoms with Crippen molar-refractivity contribution in [1.29, 1.82) is 5.41 Å². The molecular formula is C15H13N3. The van der Waals surface area contributed by atoms with Gasteiger partial charge in [0.25, 0.3) is 0 Å². The number of hydrogen-bond donors (Lipinski definition) is 2. The number of anilines is 1. The first-order valence-corrected chi connectivity index (χ1v) is 5.77. The molecule has 0 radical (unpaired) electrons. The zero-order valence-electron chi connectivity index (χ0n) is 9.80. The van der Waals surface area contributed by atoms with E-state index in [2.05, 4.69) is 0 Å². The maximum atomic E-state index is 7.58. The predicted molar refractivity (Wildman–Crippen MR) is 75.6 cm³/mol. The van der Waals surface area contributed by atoms with E-state index in [-0.39, 0.29) is 0 Å². The van der Waals surface area contributed by atoms with Crippen LogP contribution in [0.5, 0.6) is 0 Å². The number of fused-ring (bicyclic) bond motifs is 1. The molecule has 1 heterocycles. The van der Waals surface area contributed by atoms with Gasteiger partial charge < -0.3 is 15.7 Å². The summed E-state index contributed by atoms with van der Waals surface area (Å²) in [6.45, 7) is 0. The lowest BCUT2D eigenvalue weighted by Crippen LogP contribution is -2.00. The third-order valence-electron chi connectivity index (χ3n) is 3.10. The molecule has 0 unspecified atom stereocenters. The smallest absolute Gasteiger partial charge is 0.0876 e. The van der Waals surface area contributed by atoms with Crippen molar-refractivity contribution < 1.29 is 0 Å². The molecule has 0 fully saturated rings. The zero-order chi connectivity index (χ0) is 12.5. The lowest BCUT2D eigenvalue weighted by atomic mass is 10.2. The predicted octanol–water partition coefficient (Wildman–Crippen LogP) is 3.21. The second-order valence-electron chi connectivity index (χ2n) is 4.13. The molecule has 3 rings (SSSR count). The third kappa shape index (κ3) is 1.41. The van der Waals surface area contributed by atoms with Crippen molar-refractivity contribution in [1.82, 2.24) is 4.57 Å². The highest BCUT2D eigenvalue weighted by molar-refractivity contribution is 6.03. The molecule has 0 aliphatic heterocycles. The van der Waals surface area contributed by atoms with E-state index in [0.717, 1.165) is 22.3 Å². The van der Waals surface area contributed by atoms with Crippen LogP contribution in [0, 0.1) is 5.41 Å². The molecule has 3 heteroatoms. The van der Waals surface area contributed by atoms with Crippen LogP contribution in [-0.4, -0.2) is 10.8 Å². The molecule has 1 aromatic heterocycles. The Morgan fingerprint density at radius 3 is 2.33 bits per heavy atom. The monoisotopic (exact) mass is 235 g/mol. The Balaban J connectivity index is 2.44. The van der Waals surface area contributed by atoms with Crippen molar-refractivity contribution in [3.05, 3.63) is 60.3 Å². The summed E-state index contributed by atoms with van der Waals surface area (Å²) in [7, 11) is 0. The van der Waals surface area contributed by atoms with Crippen molar-refractivity contribution >= 4 is 22.8 Å². The van der Waals surface area contributed by atoms with Crippen molar-refractivity contribution in [2.24, 2.45) is 0 Å². The zero-order valence-corrected chi connectivity index (χ0v) is 9.80. The average molecular weight is 235 g/mol. The molecule has 3 aromatic rings. The van der Waals surface area contributed by atoms with Crippen molar-refractivity contribution in [2.75, 3.05) is 5.73 Å². The topological polar surface area (TPSA) is 54.8 Å². The number of nitrogens with one attached hydrogen (secondary N) is 1. The van der Waals surface area contributed by atoms with Crippen LogP contribution in [-0.2, 0) is 0 Å². The van der Waals surface area contributed by atoms with E-state index < -0.39 is 0 Å². The fourth-order valence-corrected chi connectivity index (χ4v) is 2.28. The van der Waals surface area contributed by atoms with E-state index in [4.69, 9.17) is 11.1 Å². The minimum absolute atomic E-state index is 0.657. The maximum Gasteiger partial charge on any atom is 0.0876 e. The van der Waals surface area contributed by atoms with E-state index >= 15 is 0 Å². The fourth-order valence-electron chi connectivity index (χ4n) is 2.28. The molecule has 3 N–H and O–H groups in total. The van der Waals surface area contributed by atoms with Gasteiger partial charge in [0.15, 0.2) is 0 Å². The first kappa shape index (κ1) is 10.6. The average Bonchev–Trinajstić information content (AvgIpc) is 2.73. The van der Waals surface area contributed by atoms with Crippen LogP contribution < -0.4 is 5.73 Å². The molecule has 2 aromatic carbocycles. The summed E-state index contributed by atoms with van der Waals surface area (Å²) in [5, 5.41) is 8.57. The van der Waals surface area contributed by atoms with Gasteiger partial charge in [0, 0.05) is 17.3 Å². The number of nitrogens with two attached hydrogens (primary N) is 1. The van der Waals surface area contributed by atoms with Crippen molar-refractivity contribution in [3.8, 4) is 5.69 Å². The Morgan fingerprint density at radius 2 is 1.61 bits per heavy atom. The maximum absolute atomic E-state index is 7.58. The summed E-state index contributed by atoms with van der Waals surface area (Å²) >= 11 is 0. The number of benzene rings is 2. The number of aromatic nitrogens is 1. The lowest BCUT2D eigenvalue weighted by Gasteiger charge is -2.07. The fraction of sp³-hybridized carbons (Fsp3) is 0. The van der Waals surface area contributed by atoms with E-state index in [1.54, 1.807) is 0 Å². The Kier molecular flexibility index (Phi) is 2.38. The highest BCUT2D eigenvalue weighted by Gasteiger charge is 2.13. The van der Waals surface area contributed by atoms with E-state index in [1.807, 2.05) is 59.2 Å². The van der Waals surface area contributed by atoms with Crippen molar-refractivity contribution in [2.45, 2.75) is 0 Å². The molecule has 0 aliphatic carbocycles. The number of nitrogens with zero attached hydrogens (tertiary/aromatic N) is 1. The molecule has 0 aliphatic rings. The molecule has 3 nitrogen and oxygen atoms in total.